The maximum Gasteiger partial charge on any atom is 0.0230 e. The highest BCUT2D eigenvalue weighted by atomic mass is 15.1. The van der Waals surface area contributed by atoms with Crippen molar-refractivity contribution in [3.05, 3.63) is 42.3 Å². The molecule has 65 valence electrons. The Kier molecular flexibility index (Phi) is 3.30. The van der Waals surface area contributed by atoms with Crippen LogP contribution in [0.3, 0.4) is 0 Å². The first-order chi connectivity index (χ1) is 5.72. The molecule has 0 fully saturated rings. The molecule has 0 saturated heterocycles. The minimum atomic E-state index is 0.855. The SMILES string of the molecule is [CH2]CN(C)Cc1ccc(C)cc1. The lowest BCUT2D eigenvalue weighted by atomic mass is 10.1. The number of rotatable bonds is 3. The zero-order valence-corrected chi connectivity index (χ0v) is 7.88. The van der Waals surface area contributed by atoms with Crippen LogP contribution in [0.5, 0.6) is 0 Å². The summed E-state index contributed by atoms with van der Waals surface area (Å²) >= 11 is 0. The molecule has 0 aliphatic rings. The summed E-state index contributed by atoms with van der Waals surface area (Å²) in [6.45, 7) is 7.78. The predicted octanol–water partition coefficient (Wildman–Crippen LogP) is 2.26. The van der Waals surface area contributed by atoms with Crippen molar-refractivity contribution >= 4 is 0 Å². The van der Waals surface area contributed by atoms with E-state index in [9.17, 15) is 0 Å². The highest BCUT2D eigenvalue weighted by molar-refractivity contribution is 5.21. The summed E-state index contributed by atoms with van der Waals surface area (Å²) in [7, 11) is 2.08. The number of nitrogens with zero attached hydrogens (tertiary/aromatic N) is 1. The maximum absolute atomic E-state index is 3.83. The van der Waals surface area contributed by atoms with Gasteiger partial charge in [0.1, 0.15) is 0 Å². The van der Waals surface area contributed by atoms with Crippen molar-refractivity contribution in [1.29, 1.82) is 0 Å². The Labute approximate surface area is 75.0 Å². The highest BCUT2D eigenvalue weighted by Gasteiger charge is 1.95. The van der Waals surface area contributed by atoms with Gasteiger partial charge in [-0.25, -0.2) is 0 Å². The first-order valence-corrected chi connectivity index (χ1v) is 4.25. The summed E-state index contributed by atoms with van der Waals surface area (Å²) in [5.41, 5.74) is 2.67. The quantitative estimate of drug-likeness (QED) is 0.659. The van der Waals surface area contributed by atoms with Crippen molar-refractivity contribution in [1.82, 2.24) is 4.90 Å². The molecule has 1 nitrogen and oxygen atoms in total. The van der Waals surface area contributed by atoms with Gasteiger partial charge in [0.25, 0.3) is 0 Å². The van der Waals surface area contributed by atoms with Crippen LogP contribution in [0.25, 0.3) is 0 Å². The zero-order chi connectivity index (χ0) is 8.97. The Hall–Kier alpha value is -0.820. The Morgan fingerprint density at radius 2 is 1.83 bits per heavy atom. The molecule has 0 unspecified atom stereocenters. The van der Waals surface area contributed by atoms with Gasteiger partial charge in [0.2, 0.25) is 0 Å². The van der Waals surface area contributed by atoms with Crippen LogP contribution in [-0.4, -0.2) is 18.5 Å². The van der Waals surface area contributed by atoms with E-state index in [2.05, 4.69) is 50.1 Å². The topological polar surface area (TPSA) is 3.24 Å². The van der Waals surface area contributed by atoms with E-state index in [1.54, 1.807) is 0 Å². The average Bonchev–Trinajstić information content (AvgIpc) is 2.09. The van der Waals surface area contributed by atoms with Crippen molar-refractivity contribution in [2.45, 2.75) is 13.5 Å². The van der Waals surface area contributed by atoms with E-state index >= 15 is 0 Å². The van der Waals surface area contributed by atoms with Gasteiger partial charge in [-0.1, -0.05) is 29.8 Å². The Balaban J connectivity index is 2.58. The van der Waals surface area contributed by atoms with E-state index in [1.807, 2.05) is 0 Å². The fourth-order valence-electron chi connectivity index (χ4n) is 1.08. The van der Waals surface area contributed by atoms with Crippen molar-refractivity contribution < 1.29 is 0 Å². The molecular formula is C11H16N. The average molecular weight is 162 g/mol. The third-order valence-corrected chi connectivity index (χ3v) is 1.95. The van der Waals surface area contributed by atoms with E-state index in [-0.39, 0.29) is 0 Å². The molecule has 1 rings (SSSR count). The fourth-order valence-corrected chi connectivity index (χ4v) is 1.08. The minimum Gasteiger partial charge on any atom is -0.302 e. The minimum absolute atomic E-state index is 0.855. The largest absolute Gasteiger partial charge is 0.302 e. The van der Waals surface area contributed by atoms with Crippen LogP contribution in [0.1, 0.15) is 11.1 Å². The summed E-state index contributed by atoms with van der Waals surface area (Å²) in [5, 5.41) is 0. The first-order valence-electron chi connectivity index (χ1n) is 4.25. The van der Waals surface area contributed by atoms with Gasteiger partial charge in [-0.05, 0) is 33.0 Å². The van der Waals surface area contributed by atoms with Gasteiger partial charge < -0.3 is 4.90 Å². The summed E-state index contributed by atoms with van der Waals surface area (Å²) in [5.74, 6) is 0. The van der Waals surface area contributed by atoms with Crippen LogP contribution in [0.4, 0.5) is 0 Å². The second kappa shape index (κ2) is 4.27. The van der Waals surface area contributed by atoms with E-state index in [4.69, 9.17) is 0 Å². The van der Waals surface area contributed by atoms with E-state index in [0.717, 1.165) is 13.1 Å². The molecule has 0 amide bonds. The van der Waals surface area contributed by atoms with Crippen molar-refractivity contribution in [3.63, 3.8) is 0 Å². The van der Waals surface area contributed by atoms with Crippen LogP contribution in [0.15, 0.2) is 24.3 Å². The molecule has 0 aromatic heterocycles. The molecule has 1 aromatic rings. The van der Waals surface area contributed by atoms with Crippen LogP contribution in [-0.2, 0) is 6.54 Å². The lowest BCUT2D eigenvalue weighted by Crippen LogP contribution is -2.16. The van der Waals surface area contributed by atoms with E-state index in [1.165, 1.54) is 11.1 Å². The molecule has 0 bridgehead atoms. The zero-order valence-electron chi connectivity index (χ0n) is 7.88. The van der Waals surface area contributed by atoms with Gasteiger partial charge in [-0.3, -0.25) is 0 Å². The maximum atomic E-state index is 3.83. The summed E-state index contributed by atoms with van der Waals surface area (Å²) in [4.78, 5) is 2.19. The number of hydrogen-bond donors (Lipinski definition) is 0. The van der Waals surface area contributed by atoms with Crippen LogP contribution in [0, 0.1) is 13.8 Å². The van der Waals surface area contributed by atoms with Crippen LogP contribution < -0.4 is 0 Å². The van der Waals surface area contributed by atoms with E-state index < -0.39 is 0 Å². The van der Waals surface area contributed by atoms with Crippen molar-refractivity contribution in [3.8, 4) is 0 Å². The van der Waals surface area contributed by atoms with Crippen LogP contribution >= 0.6 is 0 Å². The smallest absolute Gasteiger partial charge is 0.0230 e. The summed E-state index contributed by atoms with van der Waals surface area (Å²) < 4.78 is 0. The molecule has 0 spiro atoms. The molecule has 1 radical (unpaired) electrons. The summed E-state index contributed by atoms with van der Waals surface area (Å²) in [6.07, 6.45) is 0. The molecule has 0 aliphatic heterocycles. The van der Waals surface area contributed by atoms with E-state index in [0.29, 0.717) is 0 Å². The number of hydrogen-bond acceptors (Lipinski definition) is 1. The van der Waals surface area contributed by atoms with Gasteiger partial charge in [-0.15, -0.1) is 0 Å². The molecule has 0 aliphatic carbocycles. The third-order valence-electron chi connectivity index (χ3n) is 1.95. The Morgan fingerprint density at radius 1 is 1.25 bits per heavy atom. The highest BCUT2D eigenvalue weighted by Crippen LogP contribution is 2.04. The Bertz CT molecular complexity index is 225. The third kappa shape index (κ3) is 2.67. The van der Waals surface area contributed by atoms with Crippen LogP contribution in [0.2, 0.25) is 0 Å². The van der Waals surface area contributed by atoms with Crippen molar-refractivity contribution in [2.24, 2.45) is 0 Å². The molecule has 0 heterocycles. The normalized spacial score (nSPS) is 10.7. The predicted molar refractivity (Wildman–Crippen MR) is 52.9 cm³/mol. The van der Waals surface area contributed by atoms with Gasteiger partial charge in [0, 0.05) is 6.54 Å². The van der Waals surface area contributed by atoms with Gasteiger partial charge >= 0.3 is 0 Å². The van der Waals surface area contributed by atoms with Gasteiger partial charge in [0.05, 0.1) is 0 Å². The van der Waals surface area contributed by atoms with Gasteiger partial charge in [-0.2, -0.15) is 0 Å². The molecule has 0 atom stereocenters. The second-order valence-electron chi connectivity index (χ2n) is 3.22. The molecule has 1 heteroatoms. The molecule has 0 N–H and O–H groups in total. The Morgan fingerprint density at radius 3 is 2.33 bits per heavy atom. The number of benzene rings is 1. The summed E-state index contributed by atoms with van der Waals surface area (Å²) in [6, 6.07) is 8.63. The molecule has 1 aromatic carbocycles. The second-order valence-corrected chi connectivity index (χ2v) is 3.22. The standard InChI is InChI=1S/C11H16N/c1-4-12(3)9-11-7-5-10(2)6-8-11/h5-8H,1,4,9H2,2-3H3. The molecule has 12 heavy (non-hydrogen) atoms. The molecular weight excluding hydrogens is 146 g/mol. The monoisotopic (exact) mass is 162 g/mol. The number of aryl methyl sites for hydroxylation is 1. The van der Waals surface area contributed by atoms with Crippen molar-refractivity contribution in [2.75, 3.05) is 13.6 Å². The van der Waals surface area contributed by atoms with Gasteiger partial charge in [0.15, 0.2) is 0 Å². The fraction of sp³-hybridized carbons (Fsp3) is 0.364. The lowest BCUT2D eigenvalue weighted by molar-refractivity contribution is 0.362. The first kappa shape index (κ1) is 9.27. The lowest BCUT2D eigenvalue weighted by Gasteiger charge is -2.13. The molecule has 0 saturated carbocycles.